The van der Waals surface area contributed by atoms with Gasteiger partial charge in [0.1, 0.15) is 5.82 Å². The Morgan fingerprint density at radius 1 is 1.44 bits per heavy atom. The number of nitrogens with zero attached hydrogens (tertiary/aromatic N) is 1. The highest BCUT2D eigenvalue weighted by Crippen LogP contribution is 2.27. The Morgan fingerprint density at radius 2 is 2.11 bits per heavy atom. The van der Waals surface area contributed by atoms with Crippen LogP contribution in [0, 0.1) is 11.7 Å². The zero-order valence-corrected chi connectivity index (χ0v) is 12.8. The van der Waals surface area contributed by atoms with Crippen LogP contribution in [-0.2, 0) is 6.54 Å². The molecular weight excluding hydrogens is 317 g/mol. The van der Waals surface area contributed by atoms with E-state index in [0.717, 1.165) is 38.0 Å². The van der Waals surface area contributed by atoms with Gasteiger partial charge in [-0.3, -0.25) is 4.90 Å². The normalized spacial score (nSPS) is 20.0. The molecule has 1 aliphatic rings. The summed E-state index contributed by atoms with van der Waals surface area (Å²) in [7, 11) is 0. The van der Waals surface area contributed by atoms with Crippen molar-refractivity contribution in [3.05, 3.63) is 34.1 Å². The first-order valence-electron chi connectivity index (χ1n) is 6.37. The Kier molecular flexibility index (Phi) is 5.05. The van der Waals surface area contributed by atoms with Gasteiger partial charge in [-0.05, 0) is 66.3 Å². The molecule has 2 rings (SSSR count). The standard InChI is InChI=1S/C14H18BrClFN/c1-10(16)11-5-7-18(8-6-11)9-12-3-2-4-13(17)14(12)15/h2-4,10-11H,5-9H2,1H3. The summed E-state index contributed by atoms with van der Waals surface area (Å²) in [5.41, 5.74) is 1.02. The Bertz CT molecular complexity index is 403. The smallest absolute Gasteiger partial charge is 0.137 e. The van der Waals surface area contributed by atoms with E-state index in [1.54, 1.807) is 6.07 Å². The third kappa shape index (κ3) is 3.46. The minimum atomic E-state index is -0.184. The van der Waals surface area contributed by atoms with Gasteiger partial charge in [0.2, 0.25) is 0 Å². The SMILES string of the molecule is CC(Cl)C1CCN(Cc2cccc(F)c2Br)CC1. The summed E-state index contributed by atoms with van der Waals surface area (Å²) in [6.45, 7) is 4.97. The summed E-state index contributed by atoms with van der Waals surface area (Å²) >= 11 is 9.45. The van der Waals surface area contributed by atoms with Crippen LogP contribution in [0.1, 0.15) is 25.3 Å². The second-order valence-electron chi connectivity index (χ2n) is 5.00. The van der Waals surface area contributed by atoms with Crippen LogP contribution < -0.4 is 0 Å². The fraction of sp³-hybridized carbons (Fsp3) is 0.571. The molecule has 1 fully saturated rings. The first kappa shape index (κ1) is 14.3. The number of hydrogen-bond acceptors (Lipinski definition) is 1. The van der Waals surface area contributed by atoms with Gasteiger partial charge >= 0.3 is 0 Å². The lowest BCUT2D eigenvalue weighted by Crippen LogP contribution is -2.35. The Morgan fingerprint density at radius 3 is 2.72 bits per heavy atom. The van der Waals surface area contributed by atoms with E-state index >= 15 is 0 Å². The van der Waals surface area contributed by atoms with Crippen molar-refractivity contribution < 1.29 is 4.39 Å². The van der Waals surface area contributed by atoms with Crippen LogP contribution >= 0.6 is 27.5 Å². The molecule has 0 bridgehead atoms. The maximum atomic E-state index is 13.4. The van der Waals surface area contributed by atoms with E-state index in [0.29, 0.717) is 10.4 Å². The molecule has 1 aliphatic heterocycles. The molecule has 0 aliphatic carbocycles. The highest BCUT2D eigenvalue weighted by atomic mass is 79.9. The summed E-state index contributed by atoms with van der Waals surface area (Å²) in [6.07, 6.45) is 2.27. The lowest BCUT2D eigenvalue weighted by Gasteiger charge is -2.33. The molecule has 1 atom stereocenters. The Hall–Kier alpha value is -0.120. The summed E-state index contributed by atoms with van der Waals surface area (Å²) in [6, 6.07) is 5.22. The fourth-order valence-corrected chi connectivity index (χ4v) is 3.12. The quantitative estimate of drug-likeness (QED) is 0.739. The molecular formula is C14H18BrClFN. The zero-order chi connectivity index (χ0) is 13.1. The number of benzene rings is 1. The molecule has 1 saturated heterocycles. The first-order valence-corrected chi connectivity index (χ1v) is 7.60. The van der Waals surface area contributed by atoms with Crippen LogP contribution in [0.25, 0.3) is 0 Å². The van der Waals surface area contributed by atoms with Crippen LogP contribution in [0.5, 0.6) is 0 Å². The van der Waals surface area contributed by atoms with Crippen LogP contribution in [0.4, 0.5) is 4.39 Å². The van der Waals surface area contributed by atoms with Crippen LogP contribution in [0.15, 0.2) is 22.7 Å². The number of halogens is 3. The second kappa shape index (κ2) is 6.36. The summed E-state index contributed by atoms with van der Waals surface area (Å²) in [5, 5.41) is 0.257. The predicted molar refractivity (Wildman–Crippen MR) is 77.4 cm³/mol. The van der Waals surface area contributed by atoms with Crippen molar-refractivity contribution in [1.29, 1.82) is 0 Å². The fourth-order valence-electron chi connectivity index (χ4n) is 2.48. The summed E-state index contributed by atoms with van der Waals surface area (Å²) in [4.78, 5) is 2.37. The van der Waals surface area contributed by atoms with E-state index in [1.807, 2.05) is 6.07 Å². The van der Waals surface area contributed by atoms with Gasteiger partial charge in [-0.2, -0.15) is 0 Å². The largest absolute Gasteiger partial charge is 0.299 e. The molecule has 1 aromatic carbocycles. The van der Waals surface area contributed by atoms with Crippen LogP contribution in [0.2, 0.25) is 0 Å². The molecule has 1 aromatic rings. The molecule has 0 saturated carbocycles. The number of likely N-dealkylation sites (tertiary alicyclic amines) is 1. The van der Waals surface area contributed by atoms with E-state index in [2.05, 4.69) is 27.8 Å². The summed E-state index contributed by atoms with van der Waals surface area (Å²) in [5.74, 6) is 0.440. The lowest BCUT2D eigenvalue weighted by molar-refractivity contribution is 0.176. The maximum absolute atomic E-state index is 13.4. The van der Waals surface area contributed by atoms with Gasteiger partial charge < -0.3 is 0 Å². The average molecular weight is 335 g/mol. The van der Waals surface area contributed by atoms with Crippen molar-refractivity contribution in [1.82, 2.24) is 4.90 Å². The molecule has 0 N–H and O–H groups in total. The third-order valence-corrected chi connectivity index (χ3v) is 4.95. The van der Waals surface area contributed by atoms with E-state index in [1.165, 1.54) is 6.07 Å². The molecule has 1 nitrogen and oxygen atoms in total. The van der Waals surface area contributed by atoms with Crippen molar-refractivity contribution in [3.8, 4) is 0 Å². The molecule has 0 aromatic heterocycles. The van der Waals surface area contributed by atoms with Gasteiger partial charge in [0.25, 0.3) is 0 Å². The van der Waals surface area contributed by atoms with E-state index < -0.39 is 0 Å². The van der Waals surface area contributed by atoms with Gasteiger partial charge in [-0.25, -0.2) is 4.39 Å². The third-order valence-electron chi connectivity index (χ3n) is 3.71. The lowest BCUT2D eigenvalue weighted by atomic mass is 9.94. The van der Waals surface area contributed by atoms with E-state index in [9.17, 15) is 4.39 Å². The van der Waals surface area contributed by atoms with Crippen LogP contribution in [0.3, 0.4) is 0 Å². The van der Waals surface area contributed by atoms with Crippen LogP contribution in [-0.4, -0.2) is 23.4 Å². The van der Waals surface area contributed by atoms with Crippen molar-refractivity contribution in [2.45, 2.75) is 31.7 Å². The zero-order valence-electron chi connectivity index (χ0n) is 10.5. The van der Waals surface area contributed by atoms with Gasteiger partial charge in [-0.15, -0.1) is 11.6 Å². The molecule has 0 spiro atoms. The van der Waals surface area contributed by atoms with Crippen molar-refractivity contribution in [2.24, 2.45) is 5.92 Å². The monoisotopic (exact) mass is 333 g/mol. The minimum Gasteiger partial charge on any atom is -0.299 e. The summed E-state index contributed by atoms with van der Waals surface area (Å²) < 4.78 is 14.0. The van der Waals surface area contributed by atoms with Gasteiger partial charge in [0, 0.05) is 11.9 Å². The number of hydrogen-bond donors (Lipinski definition) is 0. The van der Waals surface area contributed by atoms with Crippen molar-refractivity contribution in [2.75, 3.05) is 13.1 Å². The molecule has 0 radical (unpaired) electrons. The van der Waals surface area contributed by atoms with Crippen molar-refractivity contribution >= 4 is 27.5 Å². The van der Waals surface area contributed by atoms with Gasteiger partial charge in [0.15, 0.2) is 0 Å². The van der Waals surface area contributed by atoms with Crippen molar-refractivity contribution in [3.63, 3.8) is 0 Å². The van der Waals surface area contributed by atoms with Gasteiger partial charge in [0.05, 0.1) is 4.47 Å². The number of piperidine rings is 1. The molecule has 4 heteroatoms. The molecule has 18 heavy (non-hydrogen) atoms. The van der Waals surface area contributed by atoms with E-state index in [4.69, 9.17) is 11.6 Å². The Labute approximate surface area is 121 Å². The molecule has 1 unspecified atom stereocenters. The topological polar surface area (TPSA) is 3.24 Å². The number of alkyl halides is 1. The molecule has 0 amide bonds. The van der Waals surface area contributed by atoms with E-state index in [-0.39, 0.29) is 11.2 Å². The predicted octanol–water partition coefficient (Wildman–Crippen LogP) is 4.43. The highest BCUT2D eigenvalue weighted by Gasteiger charge is 2.23. The van der Waals surface area contributed by atoms with Gasteiger partial charge in [-0.1, -0.05) is 12.1 Å². The first-order chi connectivity index (χ1) is 8.58. The molecule has 100 valence electrons. The Balaban J connectivity index is 1.94. The number of rotatable bonds is 3. The second-order valence-corrected chi connectivity index (χ2v) is 6.49. The minimum absolute atomic E-state index is 0.184. The molecule has 1 heterocycles. The highest BCUT2D eigenvalue weighted by molar-refractivity contribution is 9.10. The maximum Gasteiger partial charge on any atom is 0.137 e. The average Bonchev–Trinajstić information content (AvgIpc) is 2.36.